The summed E-state index contributed by atoms with van der Waals surface area (Å²) in [6, 6.07) is 22.9. The van der Waals surface area contributed by atoms with Crippen molar-refractivity contribution >= 4 is 34.6 Å². The van der Waals surface area contributed by atoms with Crippen LogP contribution in [0.25, 0.3) is 0 Å². The SMILES string of the molecule is COC(=O)[C@H](C)N(C(=O)C(CSC(=O)c1ccccc1)Cc1ccccc1)c1ccccn1. The zero-order chi connectivity index (χ0) is 23.6. The van der Waals surface area contributed by atoms with Gasteiger partial charge in [-0.1, -0.05) is 78.5 Å². The van der Waals surface area contributed by atoms with Crippen LogP contribution in [0.5, 0.6) is 0 Å². The van der Waals surface area contributed by atoms with Gasteiger partial charge < -0.3 is 4.74 Å². The largest absolute Gasteiger partial charge is 0.467 e. The van der Waals surface area contributed by atoms with Crippen LogP contribution in [0.2, 0.25) is 0 Å². The molecule has 1 amide bonds. The summed E-state index contributed by atoms with van der Waals surface area (Å²) < 4.78 is 4.90. The van der Waals surface area contributed by atoms with Crippen LogP contribution in [-0.4, -0.2) is 40.9 Å². The average molecular weight is 463 g/mol. The third-order valence-electron chi connectivity index (χ3n) is 5.16. The molecule has 0 fully saturated rings. The van der Waals surface area contributed by atoms with Crippen LogP contribution in [-0.2, 0) is 20.7 Å². The molecule has 0 aliphatic heterocycles. The average Bonchev–Trinajstić information content (AvgIpc) is 2.87. The van der Waals surface area contributed by atoms with Crippen LogP contribution in [0.4, 0.5) is 5.82 Å². The Bertz CT molecular complexity index is 1060. The lowest BCUT2D eigenvalue weighted by Crippen LogP contribution is -2.48. The summed E-state index contributed by atoms with van der Waals surface area (Å²) in [6.45, 7) is 1.61. The van der Waals surface area contributed by atoms with E-state index in [9.17, 15) is 14.4 Å². The van der Waals surface area contributed by atoms with Crippen LogP contribution < -0.4 is 4.90 Å². The van der Waals surface area contributed by atoms with Crippen molar-refractivity contribution in [2.45, 2.75) is 19.4 Å². The minimum Gasteiger partial charge on any atom is -0.467 e. The molecule has 2 atom stereocenters. The molecule has 0 bridgehead atoms. The van der Waals surface area contributed by atoms with E-state index in [1.165, 1.54) is 12.0 Å². The van der Waals surface area contributed by atoms with Gasteiger partial charge >= 0.3 is 5.97 Å². The number of amides is 1. The van der Waals surface area contributed by atoms with Crippen molar-refractivity contribution in [2.24, 2.45) is 5.92 Å². The zero-order valence-electron chi connectivity index (χ0n) is 18.6. The van der Waals surface area contributed by atoms with Gasteiger partial charge in [0.2, 0.25) is 11.0 Å². The van der Waals surface area contributed by atoms with Crippen molar-refractivity contribution in [3.8, 4) is 0 Å². The summed E-state index contributed by atoms with van der Waals surface area (Å²) in [5.74, 6) is -0.764. The molecule has 2 aromatic carbocycles. The molecule has 1 heterocycles. The van der Waals surface area contributed by atoms with Gasteiger partial charge in [0.15, 0.2) is 0 Å². The highest BCUT2D eigenvalue weighted by Gasteiger charge is 2.34. The fourth-order valence-corrected chi connectivity index (χ4v) is 4.34. The number of hydrogen-bond donors (Lipinski definition) is 0. The maximum Gasteiger partial charge on any atom is 0.328 e. The Morgan fingerprint density at radius 1 is 0.939 bits per heavy atom. The number of thioether (sulfide) groups is 1. The lowest BCUT2D eigenvalue weighted by atomic mass is 9.99. The monoisotopic (exact) mass is 462 g/mol. The van der Waals surface area contributed by atoms with Gasteiger partial charge in [0.05, 0.1) is 13.0 Å². The highest BCUT2D eigenvalue weighted by Crippen LogP contribution is 2.24. The molecule has 0 aliphatic carbocycles. The summed E-state index contributed by atoms with van der Waals surface area (Å²) in [5.41, 5.74) is 1.55. The summed E-state index contributed by atoms with van der Waals surface area (Å²) in [4.78, 5) is 44.5. The van der Waals surface area contributed by atoms with Crippen LogP contribution in [0, 0.1) is 5.92 Å². The Labute approximate surface area is 198 Å². The molecule has 1 aromatic heterocycles. The number of ether oxygens (including phenoxy) is 1. The van der Waals surface area contributed by atoms with Crippen molar-refractivity contribution in [1.82, 2.24) is 4.98 Å². The minimum absolute atomic E-state index is 0.105. The standard InChI is InChI=1S/C26H26N2O4S/c1-19(25(30)32-2)28(23-15-9-10-16-27-23)24(29)22(17-20-11-5-3-6-12-20)18-33-26(31)21-13-7-4-8-14-21/h3-16,19,22H,17-18H2,1-2H3/t19-,22?/m0/s1. The van der Waals surface area contributed by atoms with E-state index in [-0.39, 0.29) is 16.8 Å². The van der Waals surface area contributed by atoms with E-state index in [1.54, 1.807) is 55.6 Å². The molecule has 0 spiro atoms. The Morgan fingerprint density at radius 3 is 2.18 bits per heavy atom. The molecule has 0 N–H and O–H groups in total. The molecule has 1 unspecified atom stereocenters. The molecule has 6 nitrogen and oxygen atoms in total. The molecule has 0 aliphatic rings. The fourth-order valence-electron chi connectivity index (χ4n) is 3.42. The third-order valence-corrected chi connectivity index (χ3v) is 6.23. The van der Waals surface area contributed by atoms with E-state index in [1.807, 2.05) is 36.4 Å². The number of pyridine rings is 1. The smallest absolute Gasteiger partial charge is 0.328 e. The quantitative estimate of drug-likeness (QED) is 0.439. The second kappa shape index (κ2) is 12.0. The van der Waals surface area contributed by atoms with Gasteiger partial charge in [0.25, 0.3) is 0 Å². The summed E-state index contributed by atoms with van der Waals surface area (Å²) >= 11 is 1.10. The predicted molar refractivity (Wildman–Crippen MR) is 130 cm³/mol. The normalized spacial score (nSPS) is 12.4. The highest BCUT2D eigenvalue weighted by molar-refractivity contribution is 8.14. The van der Waals surface area contributed by atoms with E-state index in [4.69, 9.17) is 4.74 Å². The molecule has 3 aromatic rings. The summed E-state index contributed by atoms with van der Waals surface area (Å²) in [5, 5.41) is -0.105. The minimum atomic E-state index is -0.870. The van der Waals surface area contributed by atoms with Gasteiger partial charge in [-0.15, -0.1) is 0 Å². The lowest BCUT2D eigenvalue weighted by molar-refractivity contribution is -0.143. The van der Waals surface area contributed by atoms with Gasteiger partial charge in [-0.05, 0) is 31.0 Å². The lowest BCUT2D eigenvalue weighted by Gasteiger charge is -2.30. The number of esters is 1. The van der Waals surface area contributed by atoms with E-state index in [0.717, 1.165) is 17.3 Å². The van der Waals surface area contributed by atoms with E-state index >= 15 is 0 Å². The number of anilines is 1. The Balaban J connectivity index is 1.89. The molecular weight excluding hydrogens is 436 g/mol. The van der Waals surface area contributed by atoms with E-state index in [0.29, 0.717) is 17.8 Å². The highest BCUT2D eigenvalue weighted by atomic mass is 32.2. The number of carbonyl (C=O) groups is 3. The molecule has 170 valence electrons. The van der Waals surface area contributed by atoms with Gasteiger partial charge in [0, 0.05) is 17.5 Å². The maximum atomic E-state index is 13.8. The number of benzene rings is 2. The van der Waals surface area contributed by atoms with Crippen LogP contribution in [0.1, 0.15) is 22.8 Å². The molecular formula is C26H26N2O4S. The van der Waals surface area contributed by atoms with Crippen molar-refractivity contribution in [3.63, 3.8) is 0 Å². The number of methoxy groups -OCH3 is 1. The Kier molecular flexibility index (Phi) is 8.78. The van der Waals surface area contributed by atoms with Gasteiger partial charge in [-0.3, -0.25) is 14.5 Å². The molecule has 0 saturated carbocycles. The third kappa shape index (κ3) is 6.52. The van der Waals surface area contributed by atoms with Crippen LogP contribution >= 0.6 is 11.8 Å². The molecule has 0 saturated heterocycles. The molecule has 33 heavy (non-hydrogen) atoms. The number of aromatic nitrogens is 1. The molecule has 3 rings (SSSR count). The van der Waals surface area contributed by atoms with Crippen LogP contribution in [0.15, 0.2) is 85.1 Å². The van der Waals surface area contributed by atoms with Gasteiger partial charge in [0.1, 0.15) is 11.9 Å². The zero-order valence-corrected chi connectivity index (χ0v) is 19.4. The molecule has 0 radical (unpaired) electrons. The van der Waals surface area contributed by atoms with Crippen molar-refractivity contribution in [1.29, 1.82) is 0 Å². The van der Waals surface area contributed by atoms with Crippen LogP contribution in [0.3, 0.4) is 0 Å². The summed E-state index contributed by atoms with van der Waals surface area (Å²) in [7, 11) is 1.29. The Hall–Kier alpha value is -3.45. The van der Waals surface area contributed by atoms with Crippen molar-refractivity contribution in [3.05, 3.63) is 96.2 Å². The predicted octanol–water partition coefficient (Wildman–Crippen LogP) is 4.41. The summed E-state index contributed by atoms with van der Waals surface area (Å²) in [6.07, 6.45) is 1.99. The number of rotatable bonds is 9. The van der Waals surface area contributed by atoms with Gasteiger partial charge in [-0.25, -0.2) is 9.78 Å². The fraction of sp³-hybridized carbons (Fsp3) is 0.231. The number of hydrogen-bond acceptors (Lipinski definition) is 6. The number of nitrogens with zero attached hydrogens (tertiary/aromatic N) is 2. The van der Waals surface area contributed by atoms with Crippen molar-refractivity contribution < 1.29 is 19.1 Å². The van der Waals surface area contributed by atoms with Gasteiger partial charge in [-0.2, -0.15) is 0 Å². The second-order valence-electron chi connectivity index (χ2n) is 7.45. The topological polar surface area (TPSA) is 76.6 Å². The maximum absolute atomic E-state index is 13.8. The Morgan fingerprint density at radius 2 is 1.58 bits per heavy atom. The van der Waals surface area contributed by atoms with Crippen molar-refractivity contribution in [2.75, 3.05) is 17.8 Å². The number of carbonyl (C=O) groups excluding carboxylic acids is 3. The first-order chi connectivity index (χ1) is 16.0. The molecule has 7 heteroatoms. The first-order valence-corrected chi connectivity index (χ1v) is 11.6. The van der Waals surface area contributed by atoms with E-state index in [2.05, 4.69) is 4.98 Å². The first-order valence-electron chi connectivity index (χ1n) is 10.6. The first kappa shape index (κ1) is 24.2. The van der Waals surface area contributed by atoms with E-state index < -0.39 is 17.9 Å². The second-order valence-corrected chi connectivity index (χ2v) is 8.44.